The van der Waals surface area contributed by atoms with Gasteiger partial charge in [-0.1, -0.05) is 37.1 Å². The van der Waals surface area contributed by atoms with Gasteiger partial charge in [0.05, 0.1) is 22.9 Å². The molecule has 0 aliphatic carbocycles. The zero-order chi connectivity index (χ0) is 19.7. The normalized spacial score (nSPS) is 21.7. The number of fused-ring (bicyclic) bond motifs is 1. The molecule has 7 heteroatoms. The molecule has 0 saturated carbocycles. The van der Waals surface area contributed by atoms with E-state index in [0.717, 1.165) is 55.8 Å². The number of aryl methyl sites for hydroxylation is 2. The first-order valence-corrected chi connectivity index (χ1v) is 10.5. The van der Waals surface area contributed by atoms with Crippen molar-refractivity contribution in [2.24, 2.45) is 0 Å². The maximum atomic E-state index is 13.3. The van der Waals surface area contributed by atoms with Crippen molar-refractivity contribution in [2.45, 2.75) is 58.3 Å². The number of amides is 1. The highest BCUT2D eigenvalue weighted by atomic mass is 35.5. The van der Waals surface area contributed by atoms with Crippen LogP contribution in [0.2, 0.25) is 5.15 Å². The van der Waals surface area contributed by atoms with Gasteiger partial charge in [0, 0.05) is 25.4 Å². The van der Waals surface area contributed by atoms with E-state index in [2.05, 4.69) is 17.3 Å². The third-order valence-electron chi connectivity index (χ3n) is 5.55. The predicted octanol–water partition coefficient (Wildman–Crippen LogP) is 4.39. The molecule has 2 aromatic rings. The van der Waals surface area contributed by atoms with Crippen molar-refractivity contribution in [2.75, 3.05) is 18.5 Å². The van der Waals surface area contributed by atoms with Crippen molar-refractivity contribution >= 4 is 23.2 Å². The minimum Gasteiger partial charge on any atom is -0.376 e. The third-order valence-corrected chi connectivity index (χ3v) is 5.95. The van der Waals surface area contributed by atoms with Crippen LogP contribution in [0.5, 0.6) is 0 Å². The van der Waals surface area contributed by atoms with Gasteiger partial charge in [0.1, 0.15) is 11.3 Å². The molecule has 0 bridgehead atoms. The summed E-state index contributed by atoms with van der Waals surface area (Å²) in [5, 5.41) is 8.78. The van der Waals surface area contributed by atoms with Crippen LogP contribution in [0.1, 0.15) is 60.4 Å². The average Bonchev–Trinajstić information content (AvgIpc) is 3.30. The number of carbonyl (C=O) groups excluding carboxylic acids is 1. The molecule has 1 saturated heterocycles. The van der Waals surface area contributed by atoms with E-state index in [1.807, 2.05) is 40.8 Å². The molecule has 0 spiro atoms. The monoisotopic (exact) mass is 402 g/mol. The number of rotatable bonds is 6. The highest BCUT2D eigenvalue weighted by Crippen LogP contribution is 2.38. The van der Waals surface area contributed by atoms with Gasteiger partial charge < -0.3 is 15.0 Å². The second kappa shape index (κ2) is 8.13. The maximum Gasteiger partial charge on any atom is 0.257 e. The summed E-state index contributed by atoms with van der Waals surface area (Å²) in [7, 11) is 0. The first kappa shape index (κ1) is 19.3. The molecule has 4 rings (SSSR count). The van der Waals surface area contributed by atoms with E-state index >= 15 is 0 Å². The molecule has 2 atom stereocenters. The number of benzene rings is 1. The van der Waals surface area contributed by atoms with Gasteiger partial charge in [0.25, 0.3) is 5.91 Å². The van der Waals surface area contributed by atoms with Crippen molar-refractivity contribution in [1.82, 2.24) is 14.7 Å². The smallest absolute Gasteiger partial charge is 0.257 e. The van der Waals surface area contributed by atoms with Crippen LogP contribution in [-0.4, -0.2) is 39.8 Å². The van der Waals surface area contributed by atoms with E-state index in [1.54, 1.807) is 0 Å². The molecular weight excluding hydrogens is 376 g/mol. The number of carbonyl (C=O) groups is 1. The molecule has 1 aromatic carbocycles. The molecule has 1 aromatic heterocycles. The van der Waals surface area contributed by atoms with Crippen LogP contribution < -0.4 is 5.32 Å². The molecule has 0 radical (unpaired) electrons. The predicted molar refractivity (Wildman–Crippen MR) is 110 cm³/mol. The SMILES string of the molecule is CCCCn1nc(C)c([C@H]2Nc3ccccc3C(=O)N2C[C@H]2CCCO2)c1Cl. The van der Waals surface area contributed by atoms with Crippen LogP contribution in [0, 0.1) is 6.92 Å². The van der Waals surface area contributed by atoms with E-state index < -0.39 is 0 Å². The largest absolute Gasteiger partial charge is 0.376 e. The standard InChI is InChI=1S/C21H27ClN4O2/c1-3-4-11-26-19(22)18(14(2)24-26)20-23-17-10-6-5-9-16(17)21(27)25(20)13-15-8-7-12-28-15/h5-6,9-10,15,20,23H,3-4,7-8,11-13H2,1-2H3/t15-,20+/m1/s1. The number of nitrogens with zero attached hydrogens (tertiary/aromatic N) is 3. The van der Waals surface area contributed by atoms with Crippen molar-refractivity contribution in [3.8, 4) is 0 Å². The van der Waals surface area contributed by atoms with Crippen LogP contribution >= 0.6 is 11.6 Å². The van der Waals surface area contributed by atoms with Crippen LogP contribution in [0.25, 0.3) is 0 Å². The quantitative estimate of drug-likeness (QED) is 0.778. The summed E-state index contributed by atoms with van der Waals surface area (Å²) in [5.41, 5.74) is 3.24. The van der Waals surface area contributed by atoms with Crippen LogP contribution in [-0.2, 0) is 11.3 Å². The Morgan fingerprint density at radius 2 is 2.18 bits per heavy atom. The Bertz CT molecular complexity index is 860. The number of unbranched alkanes of at least 4 members (excludes halogenated alkanes) is 1. The number of anilines is 1. The van der Waals surface area contributed by atoms with E-state index in [-0.39, 0.29) is 18.2 Å². The summed E-state index contributed by atoms with van der Waals surface area (Å²) in [6.07, 6.45) is 3.81. The Labute approximate surface area is 170 Å². The minimum atomic E-state index is -0.352. The van der Waals surface area contributed by atoms with Gasteiger partial charge >= 0.3 is 0 Å². The number of para-hydroxylation sites is 1. The summed E-state index contributed by atoms with van der Waals surface area (Å²) in [6, 6.07) is 7.63. The van der Waals surface area contributed by atoms with Gasteiger partial charge in [-0.2, -0.15) is 5.10 Å². The fourth-order valence-electron chi connectivity index (χ4n) is 4.05. The summed E-state index contributed by atoms with van der Waals surface area (Å²) < 4.78 is 7.67. The molecule has 1 N–H and O–H groups in total. The van der Waals surface area contributed by atoms with Crippen LogP contribution in [0.15, 0.2) is 24.3 Å². The fraction of sp³-hybridized carbons (Fsp3) is 0.524. The lowest BCUT2D eigenvalue weighted by Crippen LogP contribution is -2.46. The molecule has 2 aliphatic rings. The number of nitrogens with one attached hydrogen (secondary N) is 1. The van der Waals surface area contributed by atoms with Gasteiger partial charge in [-0.25, -0.2) is 0 Å². The van der Waals surface area contributed by atoms with Gasteiger partial charge in [0.15, 0.2) is 0 Å². The molecule has 2 aliphatic heterocycles. The topological polar surface area (TPSA) is 59.4 Å². The van der Waals surface area contributed by atoms with Crippen LogP contribution in [0.3, 0.4) is 0 Å². The Kier molecular flexibility index (Phi) is 5.60. The summed E-state index contributed by atoms with van der Waals surface area (Å²) in [4.78, 5) is 15.2. The molecule has 1 amide bonds. The van der Waals surface area contributed by atoms with Crippen molar-refractivity contribution in [1.29, 1.82) is 0 Å². The first-order chi connectivity index (χ1) is 13.6. The first-order valence-electron chi connectivity index (χ1n) is 10.1. The number of hydrogen-bond donors (Lipinski definition) is 1. The summed E-state index contributed by atoms with van der Waals surface area (Å²) in [6.45, 7) is 6.18. The number of aromatic nitrogens is 2. The van der Waals surface area contributed by atoms with Crippen molar-refractivity contribution < 1.29 is 9.53 Å². The molecule has 6 nitrogen and oxygen atoms in total. The lowest BCUT2D eigenvalue weighted by molar-refractivity contribution is 0.0426. The van der Waals surface area contributed by atoms with Gasteiger partial charge in [-0.05, 0) is 38.3 Å². The zero-order valence-corrected chi connectivity index (χ0v) is 17.2. The van der Waals surface area contributed by atoms with E-state index in [1.165, 1.54) is 0 Å². The lowest BCUT2D eigenvalue weighted by Gasteiger charge is -2.39. The summed E-state index contributed by atoms with van der Waals surface area (Å²) >= 11 is 6.75. The van der Waals surface area contributed by atoms with Crippen molar-refractivity contribution in [3.63, 3.8) is 0 Å². The van der Waals surface area contributed by atoms with Crippen LogP contribution in [0.4, 0.5) is 5.69 Å². The molecular formula is C21H27ClN4O2. The second-order valence-electron chi connectivity index (χ2n) is 7.55. The van der Waals surface area contributed by atoms with Gasteiger partial charge in [-0.15, -0.1) is 0 Å². The Morgan fingerprint density at radius 3 is 2.93 bits per heavy atom. The molecule has 1 fully saturated rings. The number of halogens is 1. The van der Waals surface area contributed by atoms with Gasteiger partial charge in [-0.3, -0.25) is 9.48 Å². The molecule has 150 valence electrons. The Hall–Kier alpha value is -2.05. The molecule has 0 unspecified atom stereocenters. The fourth-order valence-corrected chi connectivity index (χ4v) is 4.41. The molecule has 28 heavy (non-hydrogen) atoms. The van der Waals surface area contributed by atoms with E-state index in [0.29, 0.717) is 17.3 Å². The van der Waals surface area contributed by atoms with E-state index in [4.69, 9.17) is 16.3 Å². The maximum absolute atomic E-state index is 13.3. The Morgan fingerprint density at radius 1 is 1.36 bits per heavy atom. The summed E-state index contributed by atoms with van der Waals surface area (Å²) in [5.74, 6) is 0.00613. The zero-order valence-electron chi connectivity index (χ0n) is 16.4. The lowest BCUT2D eigenvalue weighted by atomic mass is 10.0. The number of hydrogen-bond acceptors (Lipinski definition) is 4. The highest BCUT2D eigenvalue weighted by molar-refractivity contribution is 6.30. The third kappa shape index (κ3) is 3.51. The second-order valence-corrected chi connectivity index (χ2v) is 7.91. The van der Waals surface area contributed by atoms with Crippen molar-refractivity contribution in [3.05, 3.63) is 46.2 Å². The van der Waals surface area contributed by atoms with Gasteiger partial charge in [0.2, 0.25) is 0 Å². The van der Waals surface area contributed by atoms with E-state index in [9.17, 15) is 4.79 Å². The number of ether oxygens (including phenoxy) is 1. The average molecular weight is 403 g/mol. The highest BCUT2D eigenvalue weighted by Gasteiger charge is 2.38. The minimum absolute atomic E-state index is 0.00613. The molecule has 3 heterocycles. The Balaban J connectivity index is 1.72.